The maximum absolute atomic E-state index is 13.0. The lowest BCUT2D eigenvalue weighted by Crippen LogP contribution is -2.19. The van der Waals surface area contributed by atoms with Crippen molar-refractivity contribution in [3.05, 3.63) is 54.7 Å². The molecule has 0 aliphatic rings. The molecule has 0 spiro atoms. The predicted molar refractivity (Wildman–Crippen MR) is 86.8 cm³/mol. The summed E-state index contributed by atoms with van der Waals surface area (Å²) >= 11 is 0.928. The average molecular weight is 388 g/mol. The van der Waals surface area contributed by atoms with E-state index in [0.29, 0.717) is 15.8 Å². The summed E-state index contributed by atoms with van der Waals surface area (Å²) in [6, 6.07) is 8.55. The summed E-state index contributed by atoms with van der Waals surface area (Å²) in [5.74, 6) is 0.0355. The molecule has 1 aromatic carbocycles. The molecule has 3 rings (SSSR count). The van der Waals surface area contributed by atoms with Crippen molar-refractivity contribution in [1.29, 1.82) is 0 Å². The summed E-state index contributed by atoms with van der Waals surface area (Å²) in [4.78, 5) is 7.88. The van der Waals surface area contributed by atoms with Gasteiger partial charge in [-0.1, -0.05) is 42.1 Å². The van der Waals surface area contributed by atoms with Crippen LogP contribution in [0.3, 0.4) is 0 Å². The van der Waals surface area contributed by atoms with E-state index >= 15 is 0 Å². The fourth-order valence-electron chi connectivity index (χ4n) is 2.41. The maximum atomic E-state index is 13.0. The maximum Gasteiger partial charge on any atom is 0.406 e. The van der Waals surface area contributed by atoms with Gasteiger partial charge in [-0.25, -0.2) is 9.97 Å². The molecule has 3 aromatic rings. The number of imidazole rings is 2. The molecule has 2 heterocycles. The van der Waals surface area contributed by atoms with Crippen LogP contribution in [0.5, 0.6) is 0 Å². The van der Waals surface area contributed by atoms with Crippen LogP contribution < -0.4 is 0 Å². The van der Waals surface area contributed by atoms with E-state index in [4.69, 9.17) is 0 Å². The molecule has 0 aliphatic heterocycles. The SMILES string of the molecule is FC(F)n1ccnc1CSc1ncc(-c2ccccc2)n1CC(F)(F)F. The number of hydrogen-bond donors (Lipinski definition) is 0. The molecule has 0 saturated carbocycles. The zero-order valence-electron chi connectivity index (χ0n) is 13.2. The molecule has 2 aromatic heterocycles. The molecule has 0 fully saturated rings. The molecule has 0 atom stereocenters. The quantitative estimate of drug-likeness (QED) is 0.441. The third-order valence-corrected chi connectivity index (χ3v) is 4.50. The van der Waals surface area contributed by atoms with Crippen LogP contribution in [0, 0.1) is 0 Å². The van der Waals surface area contributed by atoms with Crippen LogP contribution in [0.1, 0.15) is 12.4 Å². The highest BCUT2D eigenvalue weighted by atomic mass is 32.2. The zero-order chi connectivity index (χ0) is 18.7. The molecular formula is C16H13F5N4S. The zero-order valence-corrected chi connectivity index (χ0v) is 14.0. The Morgan fingerprint density at radius 2 is 1.81 bits per heavy atom. The number of aromatic nitrogens is 4. The van der Waals surface area contributed by atoms with E-state index in [1.165, 1.54) is 12.4 Å². The van der Waals surface area contributed by atoms with E-state index in [1.54, 1.807) is 30.3 Å². The summed E-state index contributed by atoms with van der Waals surface area (Å²) in [6.45, 7) is -3.98. The van der Waals surface area contributed by atoms with Crippen molar-refractivity contribution in [2.45, 2.75) is 30.2 Å². The fourth-order valence-corrected chi connectivity index (χ4v) is 3.34. The van der Waals surface area contributed by atoms with Gasteiger partial charge in [-0.2, -0.15) is 22.0 Å². The Morgan fingerprint density at radius 1 is 1.08 bits per heavy atom. The van der Waals surface area contributed by atoms with Crippen LogP contribution in [-0.2, 0) is 12.3 Å². The molecule has 0 aliphatic carbocycles. The van der Waals surface area contributed by atoms with Gasteiger partial charge in [0.15, 0.2) is 5.16 Å². The molecule has 10 heteroatoms. The summed E-state index contributed by atoms with van der Waals surface area (Å²) in [5.41, 5.74) is 0.896. The third kappa shape index (κ3) is 4.24. The van der Waals surface area contributed by atoms with Crippen molar-refractivity contribution in [1.82, 2.24) is 19.1 Å². The molecule has 0 saturated heterocycles. The van der Waals surface area contributed by atoms with Gasteiger partial charge in [0.2, 0.25) is 0 Å². The monoisotopic (exact) mass is 388 g/mol. The van der Waals surface area contributed by atoms with E-state index in [0.717, 1.165) is 22.5 Å². The molecule has 138 valence electrons. The van der Waals surface area contributed by atoms with Gasteiger partial charge in [0, 0.05) is 12.4 Å². The Balaban J connectivity index is 1.89. The number of rotatable bonds is 6. The standard InChI is InChI=1S/C16H13F5N4S/c17-14(18)24-7-6-22-13(24)9-26-15-23-8-12(11-4-2-1-3-5-11)25(15)10-16(19,20)21/h1-8,14H,9-10H2. The second-order valence-corrected chi connectivity index (χ2v) is 6.25. The molecule has 0 radical (unpaired) electrons. The van der Waals surface area contributed by atoms with E-state index in [9.17, 15) is 22.0 Å². The number of hydrogen-bond acceptors (Lipinski definition) is 3. The van der Waals surface area contributed by atoms with Crippen molar-refractivity contribution in [3.63, 3.8) is 0 Å². The lowest BCUT2D eigenvalue weighted by atomic mass is 10.2. The minimum absolute atomic E-state index is 0.0273. The van der Waals surface area contributed by atoms with E-state index in [2.05, 4.69) is 9.97 Å². The topological polar surface area (TPSA) is 35.6 Å². The van der Waals surface area contributed by atoms with Gasteiger partial charge in [-0.05, 0) is 5.56 Å². The number of alkyl halides is 5. The Bertz CT molecular complexity index is 857. The highest BCUT2D eigenvalue weighted by molar-refractivity contribution is 7.98. The van der Waals surface area contributed by atoms with Crippen molar-refractivity contribution in [2.24, 2.45) is 0 Å². The van der Waals surface area contributed by atoms with Crippen LogP contribution in [0.4, 0.5) is 22.0 Å². The molecule has 4 nitrogen and oxygen atoms in total. The van der Waals surface area contributed by atoms with Crippen molar-refractivity contribution >= 4 is 11.8 Å². The smallest absolute Gasteiger partial charge is 0.310 e. The first kappa shape index (κ1) is 18.4. The van der Waals surface area contributed by atoms with Crippen LogP contribution >= 0.6 is 11.8 Å². The average Bonchev–Trinajstić information content (AvgIpc) is 3.19. The third-order valence-electron chi connectivity index (χ3n) is 3.52. The van der Waals surface area contributed by atoms with Gasteiger partial charge >= 0.3 is 12.7 Å². The number of nitrogens with zero attached hydrogens (tertiary/aromatic N) is 4. The van der Waals surface area contributed by atoms with Crippen LogP contribution in [0.25, 0.3) is 11.3 Å². The highest BCUT2D eigenvalue weighted by Gasteiger charge is 2.31. The molecule has 26 heavy (non-hydrogen) atoms. The van der Waals surface area contributed by atoms with Crippen molar-refractivity contribution < 1.29 is 22.0 Å². The second kappa shape index (κ2) is 7.48. The summed E-state index contributed by atoms with van der Waals surface area (Å²) in [6.07, 6.45) is -0.748. The van der Waals surface area contributed by atoms with Gasteiger partial charge in [-0.3, -0.25) is 4.57 Å². The summed E-state index contributed by atoms with van der Waals surface area (Å²) in [7, 11) is 0. The first-order valence-corrected chi connectivity index (χ1v) is 8.44. The van der Waals surface area contributed by atoms with Crippen LogP contribution in [-0.4, -0.2) is 25.3 Å². The molecule has 0 N–H and O–H groups in total. The van der Waals surface area contributed by atoms with Crippen molar-refractivity contribution in [3.8, 4) is 11.3 Å². The van der Waals surface area contributed by atoms with E-state index in [-0.39, 0.29) is 16.7 Å². The number of benzene rings is 1. The Kier molecular flexibility index (Phi) is 5.30. The number of thioether (sulfide) groups is 1. The first-order chi connectivity index (χ1) is 12.3. The van der Waals surface area contributed by atoms with Crippen LogP contribution in [0.2, 0.25) is 0 Å². The van der Waals surface area contributed by atoms with E-state index in [1.807, 2.05) is 0 Å². The first-order valence-electron chi connectivity index (χ1n) is 7.45. The van der Waals surface area contributed by atoms with Gasteiger partial charge < -0.3 is 4.57 Å². The Hall–Kier alpha value is -2.36. The van der Waals surface area contributed by atoms with Crippen LogP contribution in [0.15, 0.2) is 54.1 Å². The van der Waals surface area contributed by atoms with Gasteiger partial charge in [0.1, 0.15) is 12.4 Å². The molecule has 0 amide bonds. The predicted octanol–water partition coefficient (Wildman–Crippen LogP) is 5.00. The largest absolute Gasteiger partial charge is 0.406 e. The highest BCUT2D eigenvalue weighted by Crippen LogP contribution is 2.31. The molecule has 0 unspecified atom stereocenters. The summed E-state index contributed by atoms with van der Waals surface area (Å²) < 4.78 is 66.4. The fraction of sp³-hybridized carbons (Fsp3) is 0.250. The lowest BCUT2D eigenvalue weighted by molar-refractivity contribution is -0.141. The lowest BCUT2D eigenvalue weighted by Gasteiger charge is -2.14. The second-order valence-electron chi connectivity index (χ2n) is 5.31. The molecular weight excluding hydrogens is 375 g/mol. The van der Waals surface area contributed by atoms with E-state index < -0.39 is 19.3 Å². The summed E-state index contributed by atoms with van der Waals surface area (Å²) in [5, 5.41) is 0.0880. The minimum Gasteiger partial charge on any atom is -0.310 e. The van der Waals surface area contributed by atoms with Gasteiger partial charge in [0.05, 0.1) is 17.6 Å². The number of halogens is 5. The van der Waals surface area contributed by atoms with Gasteiger partial charge in [-0.15, -0.1) is 0 Å². The molecule has 0 bridgehead atoms. The Morgan fingerprint density at radius 3 is 2.46 bits per heavy atom. The minimum atomic E-state index is -4.44. The normalized spacial score (nSPS) is 12.1. The van der Waals surface area contributed by atoms with Gasteiger partial charge in [0.25, 0.3) is 0 Å². The Labute approximate surface area is 149 Å². The van der Waals surface area contributed by atoms with Crippen molar-refractivity contribution in [2.75, 3.05) is 0 Å².